The Hall–Kier alpha value is -2.60. The first-order valence-corrected chi connectivity index (χ1v) is 10.2. The summed E-state index contributed by atoms with van der Waals surface area (Å²) in [7, 11) is 0. The molecule has 1 saturated heterocycles. The number of nitrogens with one attached hydrogen (secondary N) is 1. The molecule has 29 heavy (non-hydrogen) atoms. The Morgan fingerprint density at radius 2 is 1.86 bits per heavy atom. The standard InChI is InChI=1S/C22H23ClFN3O2/c1-2-27-19-8-7-17(24)14-18(19)21(29)25-22(27)9-11-26(12-10-22)20(28)13-15-3-5-16(23)6-4-15/h3-8,14H,2,9-13H2,1H3,(H,25,29). The second-order valence-electron chi connectivity index (χ2n) is 7.58. The molecule has 1 fully saturated rings. The van der Waals surface area contributed by atoms with Crippen molar-refractivity contribution in [2.45, 2.75) is 31.8 Å². The van der Waals surface area contributed by atoms with Gasteiger partial charge in [-0.3, -0.25) is 9.59 Å². The normalized spacial score (nSPS) is 17.8. The largest absolute Gasteiger partial charge is 0.348 e. The van der Waals surface area contributed by atoms with Crippen molar-refractivity contribution in [3.05, 3.63) is 64.4 Å². The van der Waals surface area contributed by atoms with Crippen LogP contribution in [0.3, 0.4) is 0 Å². The molecule has 5 nitrogen and oxygen atoms in total. The Bertz CT molecular complexity index is 940. The third kappa shape index (κ3) is 3.69. The number of hydrogen-bond acceptors (Lipinski definition) is 3. The molecule has 0 radical (unpaired) electrons. The van der Waals surface area contributed by atoms with Gasteiger partial charge in [0.15, 0.2) is 0 Å². The number of likely N-dealkylation sites (tertiary alicyclic amines) is 1. The number of carbonyl (C=O) groups excluding carboxylic acids is 2. The van der Waals surface area contributed by atoms with Crippen molar-refractivity contribution < 1.29 is 14.0 Å². The van der Waals surface area contributed by atoms with Crippen molar-refractivity contribution in [3.8, 4) is 0 Å². The molecular weight excluding hydrogens is 393 g/mol. The van der Waals surface area contributed by atoms with Crippen LogP contribution >= 0.6 is 11.6 Å². The van der Waals surface area contributed by atoms with Crippen LogP contribution in [0.4, 0.5) is 10.1 Å². The van der Waals surface area contributed by atoms with Crippen molar-refractivity contribution in [2.24, 2.45) is 0 Å². The van der Waals surface area contributed by atoms with Crippen LogP contribution in [0.25, 0.3) is 0 Å². The molecule has 152 valence electrons. The fourth-order valence-electron chi connectivity index (χ4n) is 4.38. The average Bonchev–Trinajstić information content (AvgIpc) is 2.71. The van der Waals surface area contributed by atoms with E-state index >= 15 is 0 Å². The number of anilines is 1. The van der Waals surface area contributed by atoms with Gasteiger partial charge in [-0.1, -0.05) is 23.7 Å². The number of halogens is 2. The predicted octanol–water partition coefficient (Wildman–Crippen LogP) is 3.61. The lowest BCUT2D eigenvalue weighted by atomic mass is 9.89. The molecule has 2 aromatic carbocycles. The predicted molar refractivity (Wildman–Crippen MR) is 111 cm³/mol. The quantitative estimate of drug-likeness (QED) is 0.833. The molecule has 2 heterocycles. The van der Waals surface area contributed by atoms with Crippen LogP contribution in [0, 0.1) is 5.82 Å². The van der Waals surface area contributed by atoms with Gasteiger partial charge < -0.3 is 15.1 Å². The van der Waals surface area contributed by atoms with E-state index in [2.05, 4.69) is 10.2 Å². The van der Waals surface area contributed by atoms with Gasteiger partial charge in [-0.2, -0.15) is 0 Å². The molecular formula is C22H23ClFN3O2. The fourth-order valence-corrected chi connectivity index (χ4v) is 4.51. The number of nitrogens with zero attached hydrogens (tertiary/aromatic N) is 2. The lowest BCUT2D eigenvalue weighted by Gasteiger charge is -2.52. The molecule has 0 aromatic heterocycles. The van der Waals surface area contributed by atoms with Crippen LogP contribution in [0.1, 0.15) is 35.7 Å². The molecule has 0 aliphatic carbocycles. The zero-order chi connectivity index (χ0) is 20.6. The molecule has 7 heteroatoms. The van der Waals surface area contributed by atoms with Gasteiger partial charge in [0.2, 0.25) is 5.91 Å². The lowest BCUT2D eigenvalue weighted by molar-refractivity contribution is -0.132. The second kappa shape index (κ2) is 7.67. The summed E-state index contributed by atoms with van der Waals surface area (Å²) in [6.07, 6.45) is 1.57. The summed E-state index contributed by atoms with van der Waals surface area (Å²) in [6, 6.07) is 11.6. The van der Waals surface area contributed by atoms with Crippen molar-refractivity contribution in [2.75, 3.05) is 24.5 Å². The monoisotopic (exact) mass is 415 g/mol. The average molecular weight is 416 g/mol. The first-order valence-electron chi connectivity index (χ1n) is 9.84. The number of piperidine rings is 1. The maximum absolute atomic E-state index is 13.6. The highest BCUT2D eigenvalue weighted by molar-refractivity contribution is 6.30. The summed E-state index contributed by atoms with van der Waals surface area (Å²) < 4.78 is 13.6. The molecule has 0 atom stereocenters. The summed E-state index contributed by atoms with van der Waals surface area (Å²) in [5.74, 6) is -0.617. The van der Waals surface area contributed by atoms with E-state index in [9.17, 15) is 14.0 Å². The molecule has 2 aliphatic rings. The van der Waals surface area contributed by atoms with Gasteiger partial charge in [0.1, 0.15) is 11.5 Å². The summed E-state index contributed by atoms with van der Waals surface area (Å²) in [6.45, 7) is 3.81. The summed E-state index contributed by atoms with van der Waals surface area (Å²) in [5.41, 5.74) is 1.49. The molecule has 0 saturated carbocycles. The maximum Gasteiger partial charge on any atom is 0.255 e. The van der Waals surface area contributed by atoms with Crippen LogP contribution < -0.4 is 10.2 Å². The van der Waals surface area contributed by atoms with Crippen LogP contribution in [-0.4, -0.2) is 42.0 Å². The molecule has 0 bridgehead atoms. The Balaban J connectivity index is 1.49. The third-order valence-electron chi connectivity index (χ3n) is 5.89. The molecule has 1 spiro atoms. The van der Waals surface area contributed by atoms with E-state index in [-0.39, 0.29) is 11.8 Å². The number of amides is 2. The number of hydrogen-bond donors (Lipinski definition) is 1. The third-order valence-corrected chi connectivity index (χ3v) is 6.14. The maximum atomic E-state index is 13.6. The zero-order valence-electron chi connectivity index (χ0n) is 16.3. The number of fused-ring (bicyclic) bond motifs is 1. The number of carbonyl (C=O) groups is 2. The summed E-state index contributed by atoms with van der Waals surface area (Å²) in [4.78, 5) is 29.4. The summed E-state index contributed by atoms with van der Waals surface area (Å²) >= 11 is 5.91. The molecule has 0 unspecified atom stereocenters. The van der Waals surface area contributed by atoms with Gasteiger partial charge in [-0.25, -0.2) is 4.39 Å². The zero-order valence-corrected chi connectivity index (χ0v) is 17.0. The van der Waals surface area contributed by atoms with E-state index in [1.807, 2.05) is 24.0 Å². The van der Waals surface area contributed by atoms with Crippen molar-refractivity contribution in [1.29, 1.82) is 0 Å². The van der Waals surface area contributed by atoms with Crippen LogP contribution in [0.2, 0.25) is 5.02 Å². The van der Waals surface area contributed by atoms with Crippen LogP contribution in [-0.2, 0) is 11.2 Å². The SMILES string of the molecule is CCN1c2ccc(F)cc2C(=O)NC12CCN(C(=O)Cc1ccc(Cl)cc1)CC2. The summed E-state index contributed by atoms with van der Waals surface area (Å²) in [5, 5.41) is 3.75. The van der Waals surface area contributed by atoms with E-state index in [0.717, 1.165) is 11.3 Å². The van der Waals surface area contributed by atoms with E-state index < -0.39 is 11.5 Å². The lowest BCUT2D eigenvalue weighted by Crippen LogP contribution is -2.68. The smallest absolute Gasteiger partial charge is 0.255 e. The Labute approximate surface area is 174 Å². The molecule has 1 N–H and O–H groups in total. The topological polar surface area (TPSA) is 52.7 Å². The Morgan fingerprint density at radius 3 is 2.52 bits per heavy atom. The Kier molecular flexibility index (Phi) is 5.21. The Morgan fingerprint density at radius 1 is 1.17 bits per heavy atom. The van der Waals surface area contributed by atoms with Gasteiger partial charge in [-0.15, -0.1) is 0 Å². The second-order valence-corrected chi connectivity index (χ2v) is 8.01. The number of rotatable bonds is 3. The van der Waals surface area contributed by atoms with Gasteiger partial charge in [0.25, 0.3) is 5.91 Å². The van der Waals surface area contributed by atoms with E-state index in [4.69, 9.17) is 11.6 Å². The van der Waals surface area contributed by atoms with Gasteiger partial charge in [0.05, 0.1) is 17.7 Å². The van der Waals surface area contributed by atoms with Gasteiger partial charge >= 0.3 is 0 Å². The molecule has 2 amide bonds. The highest BCUT2D eigenvalue weighted by Crippen LogP contribution is 2.37. The van der Waals surface area contributed by atoms with Crippen molar-refractivity contribution >= 4 is 29.1 Å². The molecule has 4 rings (SSSR count). The first-order chi connectivity index (χ1) is 13.9. The van der Waals surface area contributed by atoms with E-state index in [1.165, 1.54) is 12.1 Å². The molecule has 2 aromatic rings. The van der Waals surface area contributed by atoms with Gasteiger partial charge in [-0.05, 0) is 42.8 Å². The van der Waals surface area contributed by atoms with E-state index in [1.54, 1.807) is 18.2 Å². The van der Waals surface area contributed by atoms with Crippen LogP contribution in [0.15, 0.2) is 42.5 Å². The first kappa shape index (κ1) is 19.7. The minimum Gasteiger partial charge on any atom is -0.348 e. The van der Waals surface area contributed by atoms with E-state index in [0.29, 0.717) is 49.5 Å². The molecule has 2 aliphatic heterocycles. The number of benzene rings is 2. The van der Waals surface area contributed by atoms with Crippen molar-refractivity contribution in [3.63, 3.8) is 0 Å². The van der Waals surface area contributed by atoms with Crippen LogP contribution in [0.5, 0.6) is 0 Å². The minimum absolute atomic E-state index is 0.0647. The van der Waals surface area contributed by atoms with Gasteiger partial charge in [0, 0.05) is 37.5 Å². The highest BCUT2D eigenvalue weighted by Gasteiger charge is 2.45. The highest BCUT2D eigenvalue weighted by atomic mass is 35.5. The fraction of sp³-hybridized carbons (Fsp3) is 0.364. The minimum atomic E-state index is -0.548. The van der Waals surface area contributed by atoms with Crippen molar-refractivity contribution in [1.82, 2.24) is 10.2 Å².